The van der Waals surface area contributed by atoms with Crippen LogP contribution in [0.2, 0.25) is 0 Å². The number of nitrogens with zero attached hydrogens (tertiary/aromatic N) is 1. The maximum absolute atomic E-state index is 14.6. The van der Waals surface area contributed by atoms with Crippen LogP contribution in [0, 0.1) is 5.82 Å². The van der Waals surface area contributed by atoms with Crippen LogP contribution in [0.25, 0.3) is 10.9 Å². The molecule has 7 nitrogen and oxygen atoms in total. The summed E-state index contributed by atoms with van der Waals surface area (Å²) >= 11 is 0. The number of benzene rings is 2. The monoisotopic (exact) mass is 381 g/mol. The van der Waals surface area contributed by atoms with Gasteiger partial charge in [-0.3, -0.25) is 14.7 Å². The number of carbonyl (C=O) groups excluding carboxylic acids is 2. The first-order valence-electron chi connectivity index (χ1n) is 9.15. The van der Waals surface area contributed by atoms with E-state index in [0.29, 0.717) is 18.5 Å². The number of hydrogen-bond donors (Lipinski definition) is 4. The molecule has 0 aliphatic carbocycles. The predicted molar refractivity (Wildman–Crippen MR) is 103 cm³/mol. The number of para-hydroxylation sites is 1. The second kappa shape index (κ2) is 7.77. The van der Waals surface area contributed by atoms with Crippen molar-refractivity contribution in [2.45, 2.75) is 19.4 Å². The molecule has 0 radical (unpaired) electrons. The van der Waals surface area contributed by atoms with E-state index in [4.69, 9.17) is 0 Å². The van der Waals surface area contributed by atoms with Crippen LogP contribution in [0.15, 0.2) is 36.4 Å². The highest BCUT2D eigenvalue weighted by molar-refractivity contribution is 6.04. The van der Waals surface area contributed by atoms with Crippen molar-refractivity contribution in [3.05, 3.63) is 59.0 Å². The SMILES string of the molecule is O=C(CCNC(=O)c1n[nH]c2ccccc12)Nc1ccc2c(c1F)CCNC2. The molecule has 2 aromatic carbocycles. The molecule has 4 N–H and O–H groups in total. The highest BCUT2D eigenvalue weighted by Crippen LogP contribution is 2.24. The third-order valence-electron chi connectivity index (χ3n) is 4.80. The average Bonchev–Trinajstić information content (AvgIpc) is 3.14. The van der Waals surface area contributed by atoms with Crippen molar-refractivity contribution in [1.29, 1.82) is 0 Å². The van der Waals surface area contributed by atoms with Gasteiger partial charge in [-0.25, -0.2) is 4.39 Å². The van der Waals surface area contributed by atoms with Gasteiger partial charge in [0.1, 0.15) is 5.82 Å². The molecule has 1 aromatic heterocycles. The van der Waals surface area contributed by atoms with Crippen molar-refractivity contribution in [2.24, 2.45) is 0 Å². The summed E-state index contributed by atoms with van der Waals surface area (Å²) in [7, 11) is 0. The number of carbonyl (C=O) groups is 2. The number of rotatable bonds is 5. The number of aromatic amines is 1. The zero-order chi connectivity index (χ0) is 19.5. The minimum atomic E-state index is -0.376. The van der Waals surface area contributed by atoms with Gasteiger partial charge in [-0.15, -0.1) is 0 Å². The summed E-state index contributed by atoms with van der Waals surface area (Å²) in [6.07, 6.45) is 0.630. The van der Waals surface area contributed by atoms with Crippen LogP contribution in [0.3, 0.4) is 0 Å². The van der Waals surface area contributed by atoms with Gasteiger partial charge in [0.25, 0.3) is 5.91 Å². The summed E-state index contributed by atoms with van der Waals surface area (Å²) in [5, 5.41) is 16.0. The molecule has 3 aromatic rings. The van der Waals surface area contributed by atoms with E-state index in [-0.39, 0.29) is 42.0 Å². The van der Waals surface area contributed by atoms with Crippen molar-refractivity contribution < 1.29 is 14.0 Å². The van der Waals surface area contributed by atoms with E-state index < -0.39 is 0 Å². The molecule has 0 spiro atoms. The standard InChI is InChI=1S/C20H20FN5O2/c21-18-13-7-9-22-11-12(13)5-6-16(18)24-17(27)8-10-23-20(28)19-14-3-1-2-4-15(14)25-26-19/h1-6,22H,7-11H2,(H,23,28)(H,24,27)(H,25,26). The lowest BCUT2D eigenvalue weighted by atomic mass is 9.99. The molecule has 2 amide bonds. The second-order valence-electron chi connectivity index (χ2n) is 6.66. The summed E-state index contributed by atoms with van der Waals surface area (Å²) in [6.45, 7) is 1.48. The summed E-state index contributed by atoms with van der Waals surface area (Å²) in [6, 6.07) is 10.7. The second-order valence-corrected chi connectivity index (χ2v) is 6.66. The van der Waals surface area contributed by atoms with Gasteiger partial charge in [0.05, 0.1) is 11.2 Å². The Morgan fingerprint density at radius 2 is 2.04 bits per heavy atom. The Morgan fingerprint density at radius 1 is 1.18 bits per heavy atom. The van der Waals surface area contributed by atoms with Crippen molar-refractivity contribution in [1.82, 2.24) is 20.8 Å². The number of aromatic nitrogens is 2. The first-order chi connectivity index (χ1) is 13.6. The number of fused-ring (bicyclic) bond motifs is 2. The molecule has 0 saturated carbocycles. The lowest BCUT2D eigenvalue weighted by Gasteiger charge is -2.19. The number of halogens is 1. The first-order valence-corrected chi connectivity index (χ1v) is 9.15. The fourth-order valence-electron chi connectivity index (χ4n) is 3.35. The molecule has 0 unspecified atom stereocenters. The van der Waals surface area contributed by atoms with Crippen molar-refractivity contribution in [2.75, 3.05) is 18.4 Å². The molecule has 4 rings (SSSR count). The minimum absolute atomic E-state index is 0.0339. The highest BCUT2D eigenvalue weighted by Gasteiger charge is 2.18. The average molecular weight is 381 g/mol. The number of nitrogens with one attached hydrogen (secondary N) is 4. The van der Waals surface area contributed by atoms with Crippen LogP contribution in [0.1, 0.15) is 28.0 Å². The van der Waals surface area contributed by atoms with Gasteiger partial charge in [-0.05, 0) is 36.2 Å². The van der Waals surface area contributed by atoms with Gasteiger partial charge < -0.3 is 16.0 Å². The maximum atomic E-state index is 14.6. The Bertz CT molecular complexity index is 1050. The molecule has 1 aliphatic heterocycles. The van der Waals surface area contributed by atoms with Crippen LogP contribution in [-0.4, -0.2) is 35.1 Å². The third-order valence-corrected chi connectivity index (χ3v) is 4.80. The number of amides is 2. The van der Waals surface area contributed by atoms with E-state index in [1.54, 1.807) is 12.1 Å². The third kappa shape index (κ3) is 3.59. The smallest absolute Gasteiger partial charge is 0.272 e. The first kappa shape index (κ1) is 18.1. The Morgan fingerprint density at radius 3 is 2.93 bits per heavy atom. The lowest BCUT2D eigenvalue weighted by molar-refractivity contribution is -0.116. The summed E-state index contributed by atoms with van der Waals surface area (Å²) in [4.78, 5) is 24.4. The fraction of sp³-hybridized carbons (Fsp3) is 0.250. The van der Waals surface area contributed by atoms with Crippen LogP contribution >= 0.6 is 0 Å². The maximum Gasteiger partial charge on any atom is 0.272 e. The van der Waals surface area contributed by atoms with E-state index >= 15 is 0 Å². The van der Waals surface area contributed by atoms with E-state index in [9.17, 15) is 14.0 Å². The molecule has 0 atom stereocenters. The van der Waals surface area contributed by atoms with E-state index in [1.807, 2.05) is 24.3 Å². The van der Waals surface area contributed by atoms with Crippen molar-refractivity contribution >= 4 is 28.4 Å². The van der Waals surface area contributed by atoms with E-state index in [1.165, 1.54) is 0 Å². The molecule has 2 heterocycles. The Labute approximate surface area is 160 Å². The Kier molecular flexibility index (Phi) is 5.03. The van der Waals surface area contributed by atoms with Gasteiger partial charge in [0.15, 0.2) is 5.69 Å². The molecule has 0 fully saturated rings. The number of hydrogen-bond acceptors (Lipinski definition) is 4. The van der Waals surface area contributed by atoms with Gasteiger partial charge in [-0.1, -0.05) is 24.3 Å². The van der Waals surface area contributed by atoms with Crippen LogP contribution < -0.4 is 16.0 Å². The summed E-state index contributed by atoms with van der Waals surface area (Å²) in [5.74, 6) is -1.10. The van der Waals surface area contributed by atoms with Crippen LogP contribution in [-0.2, 0) is 17.8 Å². The zero-order valence-corrected chi connectivity index (χ0v) is 15.1. The van der Waals surface area contributed by atoms with Gasteiger partial charge in [-0.2, -0.15) is 5.10 Å². The van der Waals surface area contributed by atoms with Gasteiger partial charge >= 0.3 is 0 Å². The Hall–Kier alpha value is -3.26. The molecule has 0 bridgehead atoms. The fourth-order valence-corrected chi connectivity index (χ4v) is 3.35. The quantitative estimate of drug-likeness (QED) is 0.544. The minimum Gasteiger partial charge on any atom is -0.350 e. The number of anilines is 1. The van der Waals surface area contributed by atoms with E-state index in [2.05, 4.69) is 26.1 Å². The molecular formula is C20H20FN5O2. The van der Waals surface area contributed by atoms with Crippen molar-refractivity contribution in [3.8, 4) is 0 Å². The zero-order valence-electron chi connectivity index (χ0n) is 15.1. The molecular weight excluding hydrogens is 361 g/mol. The predicted octanol–water partition coefficient (Wildman–Crippen LogP) is 2.11. The Balaban J connectivity index is 1.33. The van der Waals surface area contributed by atoms with Gasteiger partial charge in [0.2, 0.25) is 5.91 Å². The van der Waals surface area contributed by atoms with Gasteiger partial charge in [0, 0.05) is 24.9 Å². The topological polar surface area (TPSA) is 98.9 Å². The molecule has 0 saturated heterocycles. The van der Waals surface area contributed by atoms with Crippen LogP contribution in [0.5, 0.6) is 0 Å². The molecule has 8 heteroatoms. The molecule has 28 heavy (non-hydrogen) atoms. The van der Waals surface area contributed by atoms with Crippen LogP contribution in [0.4, 0.5) is 10.1 Å². The largest absolute Gasteiger partial charge is 0.350 e. The number of H-pyrrole nitrogens is 1. The molecule has 1 aliphatic rings. The summed E-state index contributed by atoms with van der Waals surface area (Å²) in [5.41, 5.74) is 2.79. The van der Waals surface area contributed by atoms with E-state index in [0.717, 1.165) is 23.0 Å². The molecule has 144 valence electrons. The lowest BCUT2D eigenvalue weighted by Crippen LogP contribution is -2.28. The summed E-state index contributed by atoms with van der Waals surface area (Å²) < 4.78 is 14.6. The normalized spacial score (nSPS) is 13.2. The van der Waals surface area contributed by atoms with Crippen molar-refractivity contribution in [3.63, 3.8) is 0 Å². The highest BCUT2D eigenvalue weighted by atomic mass is 19.1.